The summed E-state index contributed by atoms with van der Waals surface area (Å²) in [5.41, 5.74) is 0.655. The van der Waals surface area contributed by atoms with E-state index in [1.54, 1.807) is 0 Å². The van der Waals surface area contributed by atoms with Gasteiger partial charge in [0.25, 0.3) is 0 Å². The van der Waals surface area contributed by atoms with Gasteiger partial charge in [0.1, 0.15) is 23.8 Å². The van der Waals surface area contributed by atoms with Gasteiger partial charge in [-0.2, -0.15) is 0 Å². The molecule has 0 aromatic heterocycles. The first-order valence-electron chi connectivity index (χ1n) is 6.60. The van der Waals surface area contributed by atoms with Gasteiger partial charge in [-0.15, -0.1) is 13.2 Å². The quantitative estimate of drug-likeness (QED) is 0.727. The average molecular weight is 290 g/mol. The summed E-state index contributed by atoms with van der Waals surface area (Å²) >= 11 is 0. The molecule has 3 atom stereocenters. The molecular formula is C14H14F4O2. The number of alkyl halides is 4. The second-order valence-electron chi connectivity index (χ2n) is 5.35. The third kappa shape index (κ3) is 2.83. The van der Waals surface area contributed by atoms with E-state index >= 15 is 0 Å². The lowest BCUT2D eigenvalue weighted by molar-refractivity contribution is -0.274. The lowest BCUT2D eigenvalue weighted by Gasteiger charge is -2.38. The van der Waals surface area contributed by atoms with E-state index in [1.165, 1.54) is 18.2 Å². The minimum absolute atomic E-state index is 0.0242. The van der Waals surface area contributed by atoms with E-state index in [1.807, 2.05) is 0 Å². The van der Waals surface area contributed by atoms with Crippen molar-refractivity contribution in [2.75, 3.05) is 0 Å². The van der Waals surface area contributed by atoms with Crippen molar-refractivity contribution >= 4 is 0 Å². The summed E-state index contributed by atoms with van der Waals surface area (Å²) in [7, 11) is 0. The fourth-order valence-corrected chi connectivity index (χ4v) is 3.02. The molecule has 0 radical (unpaired) electrons. The molecule has 1 heterocycles. The van der Waals surface area contributed by atoms with E-state index in [-0.39, 0.29) is 17.8 Å². The SMILES string of the molecule is FC1CCC2Oc3ccc(OC(F)(F)F)cc3CC2C1. The van der Waals surface area contributed by atoms with Gasteiger partial charge < -0.3 is 9.47 Å². The number of hydrogen-bond donors (Lipinski definition) is 0. The van der Waals surface area contributed by atoms with Crippen LogP contribution in [-0.4, -0.2) is 18.6 Å². The molecule has 1 fully saturated rings. The fourth-order valence-electron chi connectivity index (χ4n) is 3.02. The molecule has 0 saturated heterocycles. The highest BCUT2D eigenvalue weighted by molar-refractivity contribution is 5.42. The summed E-state index contributed by atoms with van der Waals surface area (Å²) < 4.78 is 59.6. The lowest BCUT2D eigenvalue weighted by atomic mass is 9.79. The van der Waals surface area contributed by atoms with Crippen molar-refractivity contribution in [1.82, 2.24) is 0 Å². The van der Waals surface area contributed by atoms with Gasteiger partial charge in [-0.05, 0) is 49.4 Å². The number of ether oxygens (including phenoxy) is 2. The monoisotopic (exact) mass is 290 g/mol. The third-order valence-corrected chi connectivity index (χ3v) is 3.87. The summed E-state index contributed by atoms with van der Waals surface area (Å²) in [6, 6.07) is 4.07. The molecule has 1 aromatic carbocycles. The molecule has 2 aliphatic rings. The van der Waals surface area contributed by atoms with Crippen LogP contribution in [0, 0.1) is 5.92 Å². The number of halogens is 4. The molecule has 1 aromatic rings. The Morgan fingerprint density at radius 1 is 1.20 bits per heavy atom. The van der Waals surface area contributed by atoms with Crippen LogP contribution in [-0.2, 0) is 6.42 Å². The molecule has 0 amide bonds. The van der Waals surface area contributed by atoms with Gasteiger partial charge in [0.05, 0.1) is 0 Å². The highest BCUT2D eigenvalue weighted by atomic mass is 19.4. The molecule has 0 N–H and O–H groups in total. The van der Waals surface area contributed by atoms with Crippen LogP contribution in [0.15, 0.2) is 18.2 Å². The lowest BCUT2D eigenvalue weighted by Crippen LogP contribution is -2.38. The fraction of sp³-hybridized carbons (Fsp3) is 0.571. The van der Waals surface area contributed by atoms with Crippen LogP contribution in [0.4, 0.5) is 17.6 Å². The number of benzene rings is 1. The van der Waals surface area contributed by atoms with E-state index in [0.717, 1.165) is 0 Å². The predicted octanol–water partition coefficient (Wildman–Crippen LogP) is 4.03. The van der Waals surface area contributed by atoms with Crippen molar-refractivity contribution in [2.24, 2.45) is 5.92 Å². The van der Waals surface area contributed by atoms with Crippen molar-refractivity contribution in [2.45, 2.75) is 44.3 Å². The minimum Gasteiger partial charge on any atom is -0.490 e. The molecule has 1 aliphatic carbocycles. The molecular weight excluding hydrogens is 276 g/mol. The van der Waals surface area contributed by atoms with Crippen molar-refractivity contribution in [3.05, 3.63) is 23.8 Å². The van der Waals surface area contributed by atoms with Gasteiger partial charge in [0.2, 0.25) is 0 Å². The minimum atomic E-state index is -4.71. The Labute approximate surface area is 113 Å². The Morgan fingerprint density at radius 3 is 2.75 bits per heavy atom. The Kier molecular flexibility index (Phi) is 3.26. The molecule has 20 heavy (non-hydrogen) atoms. The van der Waals surface area contributed by atoms with Crippen LogP contribution >= 0.6 is 0 Å². The Morgan fingerprint density at radius 2 is 2.00 bits per heavy atom. The van der Waals surface area contributed by atoms with Gasteiger partial charge in [-0.3, -0.25) is 0 Å². The van der Waals surface area contributed by atoms with E-state index in [0.29, 0.717) is 37.0 Å². The van der Waals surface area contributed by atoms with Gasteiger partial charge >= 0.3 is 6.36 Å². The second-order valence-corrected chi connectivity index (χ2v) is 5.35. The van der Waals surface area contributed by atoms with E-state index in [4.69, 9.17) is 4.74 Å². The maximum atomic E-state index is 13.4. The zero-order valence-electron chi connectivity index (χ0n) is 10.6. The van der Waals surface area contributed by atoms with Crippen molar-refractivity contribution in [3.63, 3.8) is 0 Å². The van der Waals surface area contributed by atoms with Crippen LogP contribution in [0.5, 0.6) is 11.5 Å². The van der Waals surface area contributed by atoms with Crippen LogP contribution in [0.1, 0.15) is 24.8 Å². The highest BCUT2D eigenvalue weighted by Gasteiger charge is 2.37. The molecule has 3 unspecified atom stereocenters. The number of fused-ring (bicyclic) bond motifs is 2. The van der Waals surface area contributed by atoms with E-state index in [2.05, 4.69) is 4.74 Å². The van der Waals surface area contributed by atoms with Crippen molar-refractivity contribution < 1.29 is 27.0 Å². The second kappa shape index (κ2) is 4.82. The molecule has 0 spiro atoms. The molecule has 0 bridgehead atoms. The standard InChI is InChI=1S/C14H14F4O2/c15-10-1-3-12-8(6-10)5-9-7-11(20-14(16,17)18)2-4-13(9)19-12/h2,4,7-8,10,12H,1,3,5-6H2. The molecule has 2 nitrogen and oxygen atoms in total. The first-order valence-corrected chi connectivity index (χ1v) is 6.60. The maximum Gasteiger partial charge on any atom is 0.573 e. The van der Waals surface area contributed by atoms with Crippen molar-refractivity contribution in [1.29, 1.82) is 0 Å². The Bertz CT molecular complexity index is 500. The average Bonchev–Trinajstić information content (AvgIpc) is 2.34. The van der Waals surface area contributed by atoms with Crippen LogP contribution in [0.25, 0.3) is 0 Å². The first kappa shape index (κ1) is 13.5. The molecule has 1 aliphatic heterocycles. The summed E-state index contributed by atoms with van der Waals surface area (Å²) in [5, 5.41) is 0. The summed E-state index contributed by atoms with van der Waals surface area (Å²) in [5.74, 6) is 0.358. The highest BCUT2D eigenvalue weighted by Crippen LogP contribution is 2.40. The van der Waals surface area contributed by atoms with Gasteiger partial charge in [-0.25, -0.2) is 4.39 Å². The molecule has 110 valence electrons. The van der Waals surface area contributed by atoms with Gasteiger partial charge in [0, 0.05) is 5.92 Å². The Balaban J connectivity index is 1.80. The molecule has 1 saturated carbocycles. The normalized spacial score (nSPS) is 29.1. The van der Waals surface area contributed by atoms with E-state index in [9.17, 15) is 17.6 Å². The van der Waals surface area contributed by atoms with Crippen LogP contribution in [0.2, 0.25) is 0 Å². The first-order chi connectivity index (χ1) is 9.40. The van der Waals surface area contributed by atoms with Crippen LogP contribution < -0.4 is 9.47 Å². The van der Waals surface area contributed by atoms with Crippen LogP contribution in [0.3, 0.4) is 0 Å². The predicted molar refractivity (Wildman–Crippen MR) is 63.5 cm³/mol. The summed E-state index contributed by atoms with van der Waals surface area (Å²) in [6.45, 7) is 0. The molecule has 3 rings (SSSR count). The zero-order chi connectivity index (χ0) is 14.3. The van der Waals surface area contributed by atoms with Gasteiger partial charge in [0.15, 0.2) is 0 Å². The molecule has 6 heteroatoms. The van der Waals surface area contributed by atoms with Gasteiger partial charge in [-0.1, -0.05) is 0 Å². The topological polar surface area (TPSA) is 18.5 Å². The maximum absolute atomic E-state index is 13.4. The Hall–Kier alpha value is -1.46. The number of hydrogen-bond acceptors (Lipinski definition) is 2. The smallest absolute Gasteiger partial charge is 0.490 e. The summed E-state index contributed by atoms with van der Waals surface area (Å²) in [4.78, 5) is 0. The zero-order valence-corrected chi connectivity index (χ0v) is 10.6. The van der Waals surface area contributed by atoms with Crippen molar-refractivity contribution in [3.8, 4) is 11.5 Å². The number of rotatable bonds is 1. The summed E-state index contributed by atoms with van der Waals surface area (Å²) in [6.07, 6.45) is -3.47. The largest absolute Gasteiger partial charge is 0.573 e. The van der Waals surface area contributed by atoms with E-state index < -0.39 is 12.5 Å². The third-order valence-electron chi connectivity index (χ3n) is 3.87.